The van der Waals surface area contributed by atoms with Crippen LogP contribution in [0.4, 0.5) is 0 Å². The Balaban J connectivity index is 1.78. The van der Waals surface area contributed by atoms with Crippen molar-refractivity contribution >= 4 is 44.5 Å². The molecule has 15 heteroatoms. The number of unbranched alkanes of at least 4 members (excludes halogenated alkanes) is 2. The first-order valence-corrected chi connectivity index (χ1v) is 16.7. The van der Waals surface area contributed by atoms with Crippen LogP contribution in [-0.4, -0.2) is 73.1 Å². The molecule has 0 aliphatic heterocycles. The van der Waals surface area contributed by atoms with Crippen LogP contribution in [0, 0.1) is 5.41 Å². The molecular weight excluding hydrogens is 614 g/mol. The Hall–Kier alpha value is -4.47. The van der Waals surface area contributed by atoms with Crippen molar-refractivity contribution in [2.45, 2.75) is 64.1 Å². The number of rotatable bonds is 20. The van der Waals surface area contributed by atoms with Crippen LogP contribution in [0.3, 0.4) is 0 Å². The molecule has 1 aromatic heterocycles. The largest absolute Gasteiger partial charge is 0.494 e. The number of nitrogens with two attached hydrogens (primary N) is 2. The summed E-state index contributed by atoms with van der Waals surface area (Å²) in [4.78, 5) is 41.5. The van der Waals surface area contributed by atoms with Crippen LogP contribution < -0.4 is 31.6 Å². The monoisotopic (exact) mass is 657 g/mol. The fourth-order valence-corrected chi connectivity index (χ4v) is 5.44. The molecular formula is C31H43N7O7S. The zero-order valence-electron chi connectivity index (χ0n) is 25.8. The number of ether oxygens (including phenoxy) is 1. The number of amides is 3. The number of H-pyrrole nitrogens is 1. The molecule has 2 atom stereocenters. The maximum Gasteiger partial charge on any atom is 0.242 e. The van der Waals surface area contributed by atoms with Crippen LogP contribution >= 0.6 is 0 Å². The predicted octanol–water partition coefficient (Wildman–Crippen LogP) is 0.910. The summed E-state index contributed by atoms with van der Waals surface area (Å²) >= 11 is 0. The van der Waals surface area contributed by atoms with E-state index in [0.29, 0.717) is 35.5 Å². The number of hydrogen-bond acceptors (Lipinski definition) is 8. The number of amidine groups is 1. The first-order valence-electron chi connectivity index (χ1n) is 15.1. The molecule has 3 amide bonds. The van der Waals surface area contributed by atoms with Gasteiger partial charge in [0.1, 0.15) is 23.7 Å². The number of aromatic nitrogens is 1. The van der Waals surface area contributed by atoms with E-state index in [1.165, 1.54) is 6.92 Å². The fourth-order valence-electron chi connectivity index (χ4n) is 4.65. The van der Waals surface area contributed by atoms with Gasteiger partial charge in [-0.25, -0.2) is 13.1 Å². The summed E-state index contributed by atoms with van der Waals surface area (Å²) in [5.74, 6) is -1.77. The molecule has 3 rings (SSSR count). The van der Waals surface area contributed by atoms with E-state index in [9.17, 15) is 22.8 Å². The number of fused-ring (bicyclic) bond motifs is 1. The quantitative estimate of drug-likeness (QED) is 0.0492. The second-order valence-corrected chi connectivity index (χ2v) is 12.9. The van der Waals surface area contributed by atoms with E-state index >= 15 is 0 Å². The number of aliphatic hydroxyl groups excluding tert-OH is 1. The van der Waals surface area contributed by atoms with E-state index in [1.54, 1.807) is 36.5 Å². The van der Waals surface area contributed by atoms with Gasteiger partial charge in [0.05, 0.1) is 12.4 Å². The van der Waals surface area contributed by atoms with Crippen molar-refractivity contribution in [3.8, 4) is 5.75 Å². The number of carbonyl (C=O) groups is 3. The Labute approximate surface area is 268 Å². The van der Waals surface area contributed by atoms with E-state index in [2.05, 4.69) is 20.3 Å². The van der Waals surface area contributed by atoms with Crippen molar-refractivity contribution in [1.82, 2.24) is 20.3 Å². The Kier molecular flexibility index (Phi) is 13.5. The summed E-state index contributed by atoms with van der Waals surface area (Å²) in [5, 5.41) is 22.5. The molecule has 3 aromatic rings. The molecule has 0 unspecified atom stereocenters. The van der Waals surface area contributed by atoms with E-state index in [4.69, 9.17) is 26.7 Å². The lowest BCUT2D eigenvalue weighted by atomic mass is 10.0. The Bertz CT molecular complexity index is 1610. The first kappa shape index (κ1) is 36.0. The van der Waals surface area contributed by atoms with Crippen LogP contribution in [-0.2, 0) is 37.4 Å². The third kappa shape index (κ3) is 11.2. The molecule has 0 bridgehead atoms. The summed E-state index contributed by atoms with van der Waals surface area (Å²) < 4.78 is 33.5. The zero-order valence-corrected chi connectivity index (χ0v) is 26.6. The van der Waals surface area contributed by atoms with Gasteiger partial charge in [0.25, 0.3) is 0 Å². The standard InChI is InChI=1S/C31H43N7O7S/c1-2-46(43,44)38-27(16-22-19-35-25-11-10-23(17-24(22)25)45-15-5-3-4-14-39)31(42)37-26(12-13-28(32)40)30(41)36-18-20-6-8-21(9-7-20)29(33)34/h6-11,17,19,26-27,35,38-39H,2-5,12-16,18H2,1H3,(H2,32,40)(H3,33,34)(H,36,41)(H,37,42)/t26-,27+/m0/s1. The molecule has 0 saturated heterocycles. The third-order valence-corrected chi connectivity index (χ3v) is 8.70. The Morgan fingerprint density at radius 3 is 2.41 bits per heavy atom. The van der Waals surface area contributed by atoms with Crippen LogP contribution in [0.1, 0.15) is 55.7 Å². The van der Waals surface area contributed by atoms with Gasteiger partial charge < -0.3 is 36.9 Å². The highest BCUT2D eigenvalue weighted by molar-refractivity contribution is 7.89. The lowest BCUT2D eigenvalue weighted by molar-refractivity contribution is -0.130. The van der Waals surface area contributed by atoms with Crippen molar-refractivity contribution in [3.05, 3.63) is 65.4 Å². The summed E-state index contributed by atoms with van der Waals surface area (Å²) in [7, 11) is -3.85. The number of hydrogen-bond donors (Lipinski definition) is 8. The average molecular weight is 658 g/mol. The van der Waals surface area contributed by atoms with E-state index < -0.39 is 39.8 Å². The van der Waals surface area contributed by atoms with Crippen LogP contribution in [0.5, 0.6) is 5.75 Å². The van der Waals surface area contributed by atoms with Gasteiger partial charge in [-0.15, -0.1) is 0 Å². The lowest BCUT2D eigenvalue weighted by Crippen LogP contribution is -2.54. The molecule has 0 radical (unpaired) electrons. The van der Waals surface area contributed by atoms with Gasteiger partial charge in [0, 0.05) is 42.2 Å². The molecule has 10 N–H and O–H groups in total. The fraction of sp³-hybridized carbons (Fsp3) is 0.419. The maximum atomic E-state index is 13.6. The predicted molar refractivity (Wildman–Crippen MR) is 174 cm³/mol. The van der Waals surface area contributed by atoms with Gasteiger partial charge in [-0.05, 0) is 68.4 Å². The SMILES string of the molecule is CCS(=O)(=O)N[C@H](Cc1c[nH]c2ccc(OCCCCCO)cc12)C(=O)N[C@@H](CCC(N)=O)C(=O)NCc1ccc(C(=N)N)cc1. The van der Waals surface area contributed by atoms with Crippen LogP contribution in [0.2, 0.25) is 0 Å². The number of nitrogen functional groups attached to an aromatic ring is 1. The van der Waals surface area contributed by atoms with Crippen molar-refractivity contribution in [2.75, 3.05) is 19.0 Å². The van der Waals surface area contributed by atoms with Crippen molar-refractivity contribution < 1.29 is 32.6 Å². The molecule has 14 nitrogen and oxygen atoms in total. The highest BCUT2D eigenvalue weighted by Crippen LogP contribution is 2.25. The minimum atomic E-state index is -3.85. The number of aromatic amines is 1. The van der Waals surface area contributed by atoms with Crippen LogP contribution in [0.15, 0.2) is 48.7 Å². The number of primary amides is 1. The average Bonchev–Trinajstić information content (AvgIpc) is 3.43. The van der Waals surface area contributed by atoms with E-state index in [0.717, 1.165) is 23.7 Å². The number of aliphatic hydroxyl groups is 1. The van der Waals surface area contributed by atoms with Crippen molar-refractivity contribution in [2.24, 2.45) is 11.5 Å². The molecule has 250 valence electrons. The zero-order chi connectivity index (χ0) is 33.7. The van der Waals surface area contributed by atoms with Gasteiger partial charge in [-0.3, -0.25) is 19.8 Å². The second kappa shape index (κ2) is 17.3. The number of sulfonamides is 1. The number of benzene rings is 2. The summed E-state index contributed by atoms with van der Waals surface area (Å²) in [5.41, 5.74) is 13.4. The highest BCUT2D eigenvalue weighted by atomic mass is 32.2. The highest BCUT2D eigenvalue weighted by Gasteiger charge is 2.29. The van der Waals surface area contributed by atoms with Gasteiger partial charge in [-0.1, -0.05) is 24.3 Å². The third-order valence-electron chi connectivity index (χ3n) is 7.30. The Morgan fingerprint density at radius 2 is 1.76 bits per heavy atom. The molecule has 0 saturated carbocycles. The number of nitrogens with one attached hydrogen (secondary N) is 5. The molecule has 0 aliphatic carbocycles. The molecule has 0 spiro atoms. The molecule has 0 aliphatic rings. The van der Waals surface area contributed by atoms with E-state index in [1.807, 2.05) is 12.1 Å². The minimum absolute atomic E-state index is 0.0440. The first-order chi connectivity index (χ1) is 21.9. The molecule has 0 fully saturated rings. The normalized spacial score (nSPS) is 12.7. The lowest BCUT2D eigenvalue weighted by Gasteiger charge is -2.23. The minimum Gasteiger partial charge on any atom is -0.494 e. The Morgan fingerprint density at radius 1 is 1.02 bits per heavy atom. The number of carbonyl (C=O) groups excluding carboxylic acids is 3. The molecule has 2 aromatic carbocycles. The smallest absolute Gasteiger partial charge is 0.242 e. The molecule has 46 heavy (non-hydrogen) atoms. The van der Waals surface area contributed by atoms with Gasteiger partial charge in [-0.2, -0.15) is 0 Å². The van der Waals surface area contributed by atoms with Gasteiger partial charge >= 0.3 is 0 Å². The second-order valence-electron chi connectivity index (χ2n) is 10.8. The molecule has 1 heterocycles. The summed E-state index contributed by atoms with van der Waals surface area (Å²) in [6, 6.07) is 9.64. The van der Waals surface area contributed by atoms with Gasteiger partial charge in [0.2, 0.25) is 27.7 Å². The maximum absolute atomic E-state index is 13.6. The van der Waals surface area contributed by atoms with Crippen LogP contribution in [0.25, 0.3) is 10.9 Å². The van der Waals surface area contributed by atoms with Crippen molar-refractivity contribution in [3.63, 3.8) is 0 Å². The van der Waals surface area contributed by atoms with Crippen molar-refractivity contribution in [1.29, 1.82) is 5.41 Å². The summed E-state index contributed by atoms with van der Waals surface area (Å²) in [6.45, 7) is 2.13. The van der Waals surface area contributed by atoms with E-state index in [-0.39, 0.29) is 44.0 Å². The van der Waals surface area contributed by atoms with Gasteiger partial charge in [0.15, 0.2) is 0 Å². The topological polar surface area (TPSA) is 243 Å². The summed E-state index contributed by atoms with van der Waals surface area (Å²) in [6.07, 6.45) is 3.65.